The van der Waals surface area contributed by atoms with Gasteiger partial charge in [-0.1, -0.05) is 6.07 Å². The average Bonchev–Trinajstić information content (AvgIpc) is 3.19. The van der Waals surface area contributed by atoms with Gasteiger partial charge in [0, 0.05) is 23.2 Å². The average molecular weight is 341 g/mol. The largest absolute Gasteiger partial charge is 0.423 e. The molecule has 2 atom stereocenters. The van der Waals surface area contributed by atoms with E-state index in [2.05, 4.69) is 15.5 Å². The highest BCUT2D eigenvalue weighted by Gasteiger charge is 2.45. The summed E-state index contributed by atoms with van der Waals surface area (Å²) < 4.78 is 31.9. The first-order valence-electron chi connectivity index (χ1n) is 7.74. The maximum absolute atomic E-state index is 13.8. The van der Waals surface area contributed by atoms with Crippen molar-refractivity contribution >= 4 is 11.6 Å². The number of nitrogens with one attached hydrogen (secondary N) is 1. The summed E-state index contributed by atoms with van der Waals surface area (Å²) in [5, 5.41) is 10.2. The third-order valence-corrected chi connectivity index (χ3v) is 4.25. The lowest BCUT2D eigenvalue weighted by Gasteiger charge is -2.06. The Morgan fingerprint density at radius 2 is 1.96 bits per heavy atom. The van der Waals surface area contributed by atoms with E-state index in [0.29, 0.717) is 23.6 Å². The standard InChI is InChI=1S/C18H13F2N3O2/c19-11-3-6-13(16(20)7-11)14-8-15(14)17(24)22-12-4-1-10(2-5-12)18-23-21-9-25-18/h1-7,9,14-15H,8H2,(H,22,24)/t14-,15+/m1/s1. The Morgan fingerprint density at radius 3 is 2.64 bits per heavy atom. The predicted octanol–water partition coefficient (Wildman–Crippen LogP) is 3.76. The number of amides is 1. The molecule has 0 saturated heterocycles. The van der Waals surface area contributed by atoms with E-state index in [4.69, 9.17) is 4.42 Å². The molecule has 1 aliphatic carbocycles. The van der Waals surface area contributed by atoms with E-state index in [0.717, 1.165) is 11.6 Å². The monoisotopic (exact) mass is 341 g/mol. The molecule has 1 amide bonds. The number of carbonyl (C=O) groups is 1. The van der Waals surface area contributed by atoms with Gasteiger partial charge < -0.3 is 9.73 Å². The van der Waals surface area contributed by atoms with Gasteiger partial charge in [0.2, 0.25) is 18.2 Å². The maximum Gasteiger partial charge on any atom is 0.247 e. The van der Waals surface area contributed by atoms with Crippen molar-refractivity contribution in [3.8, 4) is 11.5 Å². The lowest BCUT2D eigenvalue weighted by atomic mass is 10.1. The van der Waals surface area contributed by atoms with Gasteiger partial charge in [0.15, 0.2) is 0 Å². The zero-order valence-corrected chi connectivity index (χ0v) is 12.9. The van der Waals surface area contributed by atoms with Crippen LogP contribution in [0.3, 0.4) is 0 Å². The van der Waals surface area contributed by atoms with Crippen molar-refractivity contribution in [2.24, 2.45) is 5.92 Å². The molecule has 1 aromatic heterocycles. The molecular formula is C18H13F2N3O2. The minimum Gasteiger partial charge on any atom is -0.423 e. The molecule has 25 heavy (non-hydrogen) atoms. The number of carbonyl (C=O) groups excluding carboxylic acids is 1. The van der Waals surface area contributed by atoms with Gasteiger partial charge in [0.1, 0.15) is 11.6 Å². The van der Waals surface area contributed by atoms with E-state index in [1.807, 2.05) is 0 Å². The van der Waals surface area contributed by atoms with E-state index in [-0.39, 0.29) is 17.7 Å². The molecule has 1 heterocycles. The van der Waals surface area contributed by atoms with Crippen LogP contribution in [0.4, 0.5) is 14.5 Å². The number of anilines is 1. The smallest absolute Gasteiger partial charge is 0.247 e. The Balaban J connectivity index is 1.41. The van der Waals surface area contributed by atoms with Gasteiger partial charge in [0.25, 0.3) is 0 Å². The van der Waals surface area contributed by atoms with E-state index < -0.39 is 11.6 Å². The molecule has 0 spiro atoms. The minimum absolute atomic E-state index is 0.181. The Bertz CT molecular complexity index is 911. The van der Waals surface area contributed by atoms with Crippen LogP contribution in [-0.2, 0) is 4.79 Å². The Kier molecular flexibility index (Phi) is 3.76. The van der Waals surface area contributed by atoms with Gasteiger partial charge in [-0.3, -0.25) is 4.79 Å². The van der Waals surface area contributed by atoms with Crippen LogP contribution in [0.15, 0.2) is 53.3 Å². The number of hydrogen-bond donors (Lipinski definition) is 1. The van der Waals surface area contributed by atoms with Gasteiger partial charge in [-0.05, 0) is 48.2 Å². The highest BCUT2D eigenvalue weighted by atomic mass is 19.1. The summed E-state index contributed by atoms with van der Waals surface area (Å²) in [6.07, 6.45) is 1.79. The highest BCUT2D eigenvalue weighted by Crippen LogP contribution is 2.48. The molecule has 0 bridgehead atoms. The molecule has 1 fully saturated rings. The Hall–Kier alpha value is -3.09. The number of rotatable bonds is 4. The second-order valence-electron chi connectivity index (χ2n) is 5.93. The molecule has 2 aromatic carbocycles. The second kappa shape index (κ2) is 6.08. The molecule has 1 N–H and O–H groups in total. The lowest BCUT2D eigenvalue weighted by Crippen LogP contribution is -2.14. The van der Waals surface area contributed by atoms with Gasteiger partial charge in [-0.15, -0.1) is 10.2 Å². The molecule has 1 saturated carbocycles. The van der Waals surface area contributed by atoms with Crippen LogP contribution >= 0.6 is 0 Å². The van der Waals surface area contributed by atoms with Gasteiger partial charge in [-0.2, -0.15) is 0 Å². The molecule has 0 aliphatic heterocycles. The summed E-state index contributed by atoms with van der Waals surface area (Å²) >= 11 is 0. The number of halogens is 2. The van der Waals surface area contributed by atoms with Crippen LogP contribution in [0.5, 0.6) is 0 Å². The van der Waals surface area contributed by atoms with Gasteiger partial charge in [0.05, 0.1) is 0 Å². The number of benzene rings is 2. The van der Waals surface area contributed by atoms with E-state index >= 15 is 0 Å². The zero-order valence-electron chi connectivity index (χ0n) is 12.9. The summed E-state index contributed by atoms with van der Waals surface area (Å²) in [6, 6.07) is 10.4. The van der Waals surface area contributed by atoms with Crippen molar-refractivity contribution < 1.29 is 18.0 Å². The Labute approximate surface area is 141 Å². The fourth-order valence-corrected chi connectivity index (χ4v) is 2.86. The summed E-state index contributed by atoms with van der Waals surface area (Å²) in [6.45, 7) is 0. The molecule has 0 unspecified atom stereocenters. The molecule has 5 nitrogen and oxygen atoms in total. The maximum atomic E-state index is 13.8. The van der Waals surface area contributed by atoms with Crippen LogP contribution in [0.1, 0.15) is 17.9 Å². The Morgan fingerprint density at radius 1 is 1.16 bits per heavy atom. The molecule has 126 valence electrons. The molecule has 7 heteroatoms. The van der Waals surface area contributed by atoms with Gasteiger partial charge in [-0.25, -0.2) is 8.78 Å². The number of hydrogen-bond acceptors (Lipinski definition) is 4. The van der Waals surface area contributed by atoms with Crippen LogP contribution in [0.2, 0.25) is 0 Å². The minimum atomic E-state index is -0.621. The van der Waals surface area contributed by atoms with E-state index in [1.165, 1.54) is 18.5 Å². The van der Waals surface area contributed by atoms with E-state index in [1.54, 1.807) is 24.3 Å². The third-order valence-electron chi connectivity index (χ3n) is 4.25. The van der Waals surface area contributed by atoms with Crippen molar-refractivity contribution in [2.45, 2.75) is 12.3 Å². The first-order chi connectivity index (χ1) is 12.1. The van der Waals surface area contributed by atoms with Crippen LogP contribution < -0.4 is 5.32 Å². The van der Waals surface area contributed by atoms with E-state index in [9.17, 15) is 13.6 Å². The SMILES string of the molecule is O=C(Nc1ccc(-c2nnco2)cc1)[C@H]1C[C@@H]1c1ccc(F)cc1F. The molecular weight excluding hydrogens is 328 g/mol. The van der Waals surface area contributed by atoms with Crippen LogP contribution in [0.25, 0.3) is 11.5 Å². The van der Waals surface area contributed by atoms with Crippen molar-refractivity contribution in [1.82, 2.24) is 10.2 Å². The quantitative estimate of drug-likeness (QED) is 0.785. The molecule has 1 aliphatic rings. The second-order valence-corrected chi connectivity index (χ2v) is 5.93. The fraction of sp³-hybridized carbons (Fsp3) is 0.167. The topological polar surface area (TPSA) is 68.0 Å². The fourth-order valence-electron chi connectivity index (χ4n) is 2.86. The van der Waals surface area contributed by atoms with Gasteiger partial charge >= 0.3 is 0 Å². The summed E-state index contributed by atoms with van der Waals surface area (Å²) in [5.74, 6) is -1.53. The molecule has 4 rings (SSSR count). The first kappa shape index (κ1) is 15.4. The van der Waals surface area contributed by atoms with Crippen molar-refractivity contribution in [3.05, 3.63) is 66.1 Å². The highest BCUT2D eigenvalue weighted by molar-refractivity contribution is 5.95. The van der Waals surface area contributed by atoms with Crippen molar-refractivity contribution in [1.29, 1.82) is 0 Å². The summed E-state index contributed by atoms with van der Waals surface area (Å²) in [7, 11) is 0. The number of aromatic nitrogens is 2. The van der Waals surface area contributed by atoms with Crippen LogP contribution in [-0.4, -0.2) is 16.1 Å². The third kappa shape index (κ3) is 3.13. The lowest BCUT2D eigenvalue weighted by molar-refractivity contribution is -0.117. The zero-order chi connectivity index (χ0) is 17.4. The molecule has 3 aromatic rings. The number of nitrogens with zero attached hydrogens (tertiary/aromatic N) is 2. The van der Waals surface area contributed by atoms with Crippen molar-refractivity contribution in [2.75, 3.05) is 5.32 Å². The normalized spacial score (nSPS) is 18.8. The summed E-state index contributed by atoms with van der Waals surface area (Å²) in [4.78, 5) is 12.3. The molecule has 0 radical (unpaired) electrons. The van der Waals surface area contributed by atoms with Crippen molar-refractivity contribution in [3.63, 3.8) is 0 Å². The van der Waals surface area contributed by atoms with Crippen LogP contribution in [0, 0.1) is 17.6 Å². The first-order valence-corrected chi connectivity index (χ1v) is 7.74. The summed E-state index contributed by atoms with van der Waals surface area (Å²) in [5.41, 5.74) is 1.75. The predicted molar refractivity (Wildman–Crippen MR) is 85.6 cm³/mol.